The lowest BCUT2D eigenvalue weighted by Gasteiger charge is -2.46. The molecule has 2 N–H and O–H groups in total. The standard InChI is InChI=1S/C34H31F8N5O4.ClH/c1-32-9-2-10-47(32)46(18-21-4-3-20(27(35)28(21)36)17-45-11-13-51-14-12-45)31(50)26(29(32)48)30(49)44-24-7-6-22(33(37,38)39)15-23(24)19-5-8-25(43-16-19)34(40,41)42;/h3-8,15-16,48H,2,9-14,17-18H2,1H3,(H,44,49);1H/t32-;/m1./s1. The molecule has 1 atom stereocenters. The van der Waals surface area contributed by atoms with Gasteiger partial charge in [-0.05, 0) is 44.0 Å². The summed E-state index contributed by atoms with van der Waals surface area (Å²) in [6, 6.07) is 6.26. The maximum absolute atomic E-state index is 15.5. The van der Waals surface area contributed by atoms with Gasteiger partial charge in [0.1, 0.15) is 17.0 Å². The third kappa shape index (κ3) is 7.44. The van der Waals surface area contributed by atoms with Crippen molar-refractivity contribution >= 4 is 29.9 Å². The van der Waals surface area contributed by atoms with E-state index in [1.165, 1.54) is 17.1 Å². The van der Waals surface area contributed by atoms with Crippen molar-refractivity contribution in [3.63, 3.8) is 0 Å². The number of hydrogen-bond donors (Lipinski definition) is 2. The van der Waals surface area contributed by atoms with Gasteiger partial charge in [-0.1, -0.05) is 18.2 Å². The zero-order chi connectivity index (χ0) is 36.9. The number of amides is 2. The van der Waals surface area contributed by atoms with Gasteiger partial charge in [-0.25, -0.2) is 13.8 Å². The van der Waals surface area contributed by atoms with Crippen LogP contribution in [0.15, 0.2) is 60.0 Å². The predicted molar refractivity (Wildman–Crippen MR) is 173 cm³/mol. The van der Waals surface area contributed by atoms with E-state index in [2.05, 4.69) is 10.3 Å². The Balaban J connectivity index is 0.00000523. The predicted octanol–water partition coefficient (Wildman–Crippen LogP) is 6.88. The number of hydrogen-bond acceptors (Lipinski definition) is 7. The van der Waals surface area contributed by atoms with Crippen LogP contribution in [0.4, 0.5) is 40.8 Å². The Bertz CT molecular complexity index is 1880. The molecule has 0 aliphatic carbocycles. The Morgan fingerprint density at radius 2 is 1.60 bits per heavy atom. The summed E-state index contributed by atoms with van der Waals surface area (Å²) >= 11 is 0. The molecule has 6 rings (SSSR count). The molecule has 52 heavy (non-hydrogen) atoms. The number of aromatic nitrogens is 1. The van der Waals surface area contributed by atoms with Gasteiger partial charge >= 0.3 is 12.4 Å². The number of aliphatic hydroxyl groups excluding tert-OH is 1. The van der Waals surface area contributed by atoms with E-state index < -0.39 is 70.5 Å². The first-order valence-corrected chi connectivity index (χ1v) is 15.8. The highest BCUT2D eigenvalue weighted by Gasteiger charge is 2.53. The number of halogens is 9. The molecule has 2 fully saturated rings. The largest absolute Gasteiger partial charge is 0.509 e. The van der Waals surface area contributed by atoms with Crippen LogP contribution in [0.25, 0.3) is 11.1 Å². The Hall–Kier alpha value is -4.32. The number of pyridine rings is 1. The van der Waals surface area contributed by atoms with Gasteiger partial charge in [-0.2, -0.15) is 26.3 Å². The van der Waals surface area contributed by atoms with Crippen molar-refractivity contribution < 1.29 is 54.6 Å². The van der Waals surface area contributed by atoms with Crippen molar-refractivity contribution in [3.8, 4) is 11.1 Å². The molecular formula is C34H32ClF8N5O4. The van der Waals surface area contributed by atoms with Crippen molar-refractivity contribution in [1.82, 2.24) is 19.9 Å². The number of alkyl halides is 6. The van der Waals surface area contributed by atoms with E-state index in [4.69, 9.17) is 4.74 Å². The minimum Gasteiger partial charge on any atom is -0.509 e. The maximum Gasteiger partial charge on any atom is 0.433 e. The maximum atomic E-state index is 15.5. The van der Waals surface area contributed by atoms with Crippen LogP contribution in [0.2, 0.25) is 0 Å². The first kappa shape index (κ1) is 38.9. The van der Waals surface area contributed by atoms with E-state index >= 15 is 8.78 Å². The number of benzene rings is 2. The Kier molecular flexibility index (Phi) is 10.9. The van der Waals surface area contributed by atoms with Gasteiger partial charge in [0.2, 0.25) is 0 Å². The lowest BCUT2D eigenvalue weighted by molar-refractivity contribution is -0.160. The summed E-state index contributed by atoms with van der Waals surface area (Å²) in [5, 5.41) is 16.2. The van der Waals surface area contributed by atoms with E-state index in [0.29, 0.717) is 57.1 Å². The van der Waals surface area contributed by atoms with Gasteiger partial charge in [0.05, 0.1) is 30.9 Å². The van der Waals surface area contributed by atoms with Gasteiger partial charge in [0.25, 0.3) is 11.8 Å². The fourth-order valence-corrected chi connectivity index (χ4v) is 6.56. The van der Waals surface area contributed by atoms with Crippen LogP contribution in [0.5, 0.6) is 0 Å². The molecule has 2 aromatic carbocycles. The lowest BCUT2D eigenvalue weighted by atomic mass is 9.90. The highest BCUT2D eigenvalue weighted by Crippen LogP contribution is 2.43. The average Bonchev–Trinajstić information content (AvgIpc) is 3.48. The summed E-state index contributed by atoms with van der Waals surface area (Å²) in [6.45, 7) is 3.35. The second-order valence-corrected chi connectivity index (χ2v) is 12.6. The number of nitrogens with one attached hydrogen (secondary N) is 1. The van der Waals surface area contributed by atoms with Crippen molar-refractivity contribution in [2.45, 2.75) is 50.7 Å². The van der Waals surface area contributed by atoms with Crippen molar-refractivity contribution in [2.75, 3.05) is 38.2 Å². The van der Waals surface area contributed by atoms with Crippen molar-refractivity contribution in [3.05, 3.63) is 94.0 Å². The number of fused-ring (bicyclic) bond motifs is 1. The van der Waals surface area contributed by atoms with Gasteiger partial charge in [-0.15, -0.1) is 12.4 Å². The number of carbonyl (C=O) groups is 2. The Morgan fingerprint density at radius 1 is 0.942 bits per heavy atom. The fourth-order valence-electron chi connectivity index (χ4n) is 6.56. The zero-order valence-corrected chi connectivity index (χ0v) is 28.2. The minimum atomic E-state index is -4.87. The minimum absolute atomic E-state index is 0. The second kappa shape index (κ2) is 14.6. The van der Waals surface area contributed by atoms with Crippen molar-refractivity contribution in [2.24, 2.45) is 0 Å². The summed E-state index contributed by atoms with van der Waals surface area (Å²) < 4.78 is 116. The number of aliphatic hydroxyl groups is 1. The van der Waals surface area contributed by atoms with E-state index in [1.54, 1.807) is 6.92 Å². The van der Waals surface area contributed by atoms with Crippen LogP contribution < -0.4 is 5.32 Å². The molecule has 0 saturated carbocycles. The van der Waals surface area contributed by atoms with Gasteiger partial charge in [0, 0.05) is 60.3 Å². The molecular weight excluding hydrogens is 730 g/mol. The molecule has 2 amide bonds. The first-order valence-electron chi connectivity index (χ1n) is 15.8. The molecule has 0 radical (unpaired) electrons. The van der Waals surface area contributed by atoms with Crippen LogP contribution in [0.3, 0.4) is 0 Å². The molecule has 9 nitrogen and oxygen atoms in total. The van der Waals surface area contributed by atoms with E-state index in [0.717, 1.165) is 17.1 Å². The molecule has 0 unspecified atom stereocenters. The number of morpholine rings is 1. The highest BCUT2D eigenvalue weighted by atomic mass is 35.5. The highest BCUT2D eigenvalue weighted by molar-refractivity contribution is 6.24. The monoisotopic (exact) mass is 761 g/mol. The Labute approximate surface area is 298 Å². The van der Waals surface area contributed by atoms with Crippen molar-refractivity contribution in [1.29, 1.82) is 0 Å². The number of ether oxygens (including phenoxy) is 1. The van der Waals surface area contributed by atoms with E-state index in [1.807, 2.05) is 4.90 Å². The smallest absolute Gasteiger partial charge is 0.433 e. The molecule has 3 aliphatic heterocycles. The second-order valence-electron chi connectivity index (χ2n) is 12.6. The summed E-state index contributed by atoms with van der Waals surface area (Å²) in [7, 11) is 0. The average molecular weight is 762 g/mol. The molecule has 280 valence electrons. The molecule has 0 spiro atoms. The van der Waals surface area contributed by atoms with Crippen LogP contribution in [0.1, 0.15) is 42.1 Å². The zero-order valence-electron chi connectivity index (χ0n) is 27.4. The quantitative estimate of drug-likeness (QED) is 0.200. The van der Waals surface area contributed by atoms with E-state index in [9.17, 15) is 41.0 Å². The first-order chi connectivity index (χ1) is 24.0. The number of anilines is 1. The third-order valence-electron chi connectivity index (χ3n) is 9.34. The number of hydrazine groups is 1. The summed E-state index contributed by atoms with van der Waals surface area (Å²) in [4.78, 5) is 33.0. The fraction of sp³-hybridized carbons (Fsp3) is 0.382. The number of rotatable bonds is 7. The van der Waals surface area contributed by atoms with Crippen LogP contribution in [0, 0.1) is 11.6 Å². The number of nitrogens with zero attached hydrogens (tertiary/aromatic N) is 4. The molecule has 1 aromatic heterocycles. The Morgan fingerprint density at radius 3 is 2.19 bits per heavy atom. The molecule has 2 saturated heterocycles. The summed E-state index contributed by atoms with van der Waals surface area (Å²) in [5.74, 6) is -5.28. The van der Waals surface area contributed by atoms with Gasteiger partial charge in [0.15, 0.2) is 11.6 Å². The molecule has 4 heterocycles. The molecule has 0 bridgehead atoms. The van der Waals surface area contributed by atoms with Gasteiger partial charge in [-0.3, -0.25) is 24.5 Å². The van der Waals surface area contributed by atoms with Crippen LogP contribution in [-0.4, -0.2) is 75.2 Å². The van der Waals surface area contributed by atoms with Crippen LogP contribution in [-0.2, 0) is 39.8 Å². The third-order valence-corrected chi connectivity index (χ3v) is 9.34. The molecule has 3 aromatic rings. The SMILES string of the molecule is C[C@]12CCCN1N(Cc1ccc(CN3CCOCC3)c(F)c1F)C(=O)C(C(=O)Nc1ccc(C(F)(F)F)cc1-c1ccc(C(F)(F)F)nc1)=C2O.Cl. The lowest BCUT2D eigenvalue weighted by Crippen LogP contribution is -2.60. The number of carbonyl (C=O) groups excluding carboxylic acids is 2. The summed E-state index contributed by atoms with van der Waals surface area (Å²) in [5.41, 5.74) is -5.66. The topological polar surface area (TPSA) is 98.2 Å². The normalized spacial score (nSPS) is 20.2. The summed E-state index contributed by atoms with van der Waals surface area (Å²) in [6.07, 6.45) is -8.32. The van der Waals surface area contributed by atoms with E-state index in [-0.39, 0.29) is 59.9 Å². The molecule has 18 heteroatoms. The molecule has 3 aliphatic rings. The van der Waals surface area contributed by atoms with Gasteiger partial charge < -0.3 is 15.2 Å². The van der Waals surface area contributed by atoms with Crippen LogP contribution >= 0.6 is 12.4 Å².